The number of morpholine rings is 1. The van der Waals surface area contributed by atoms with Gasteiger partial charge in [0.25, 0.3) is 5.91 Å². The van der Waals surface area contributed by atoms with Crippen LogP contribution in [0.2, 0.25) is 0 Å². The summed E-state index contributed by atoms with van der Waals surface area (Å²) < 4.78 is 5.18. The number of hydrogen-bond donors (Lipinski definition) is 2. The number of hydrogen-bond acceptors (Lipinski definition) is 4. The second kappa shape index (κ2) is 4.47. The van der Waals surface area contributed by atoms with Gasteiger partial charge in [-0.25, -0.2) is 0 Å². The molecule has 0 aromatic heterocycles. The summed E-state index contributed by atoms with van der Waals surface area (Å²) in [5.41, 5.74) is -1.18. The third-order valence-corrected chi connectivity index (χ3v) is 3.06. The number of piperidine rings is 1. The molecule has 86 valence electrons. The van der Waals surface area contributed by atoms with Crippen LogP contribution in [-0.4, -0.2) is 60.9 Å². The van der Waals surface area contributed by atoms with E-state index < -0.39 is 5.60 Å². The van der Waals surface area contributed by atoms with Crippen LogP contribution in [0.1, 0.15) is 12.8 Å². The fourth-order valence-electron chi connectivity index (χ4n) is 2.13. The lowest BCUT2D eigenvalue weighted by atomic mass is 9.92. The monoisotopic (exact) mass is 214 g/mol. The molecular formula is C10H18N2O3. The van der Waals surface area contributed by atoms with Crippen molar-refractivity contribution in [3.05, 3.63) is 0 Å². The van der Waals surface area contributed by atoms with Gasteiger partial charge in [-0.15, -0.1) is 0 Å². The summed E-state index contributed by atoms with van der Waals surface area (Å²) in [5, 5.41) is 13.3. The molecule has 2 heterocycles. The van der Waals surface area contributed by atoms with E-state index in [1.54, 1.807) is 4.90 Å². The molecule has 0 saturated carbocycles. The van der Waals surface area contributed by atoms with Gasteiger partial charge in [0.15, 0.2) is 5.60 Å². The van der Waals surface area contributed by atoms with Crippen molar-refractivity contribution in [2.75, 3.05) is 39.4 Å². The van der Waals surface area contributed by atoms with Crippen LogP contribution < -0.4 is 5.32 Å². The van der Waals surface area contributed by atoms with Gasteiger partial charge < -0.3 is 20.1 Å². The van der Waals surface area contributed by atoms with Crippen LogP contribution in [0.25, 0.3) is 0 Å². The minimum Gasteiger partial charge on any atom is -0.379 e. The van der Waals surface area contributed by atoms with Gasteiger partial charge >= 0.3 is 0 Å². The van der Waals surface area contributed by atoms with E-state index in [9.17, 15) is 9.90 Å². The molecule has 2 aliphatic heterocycles. The molecule has 0 aromatic carbocycles. The highest BCUT2D eigenvalue weighted by Crippen LogP contribution is 2.19. The van der Waals surface area contributed by atoms with Gasteiger partial charge in [-0.3, -0.25) is 4.79 Å². The van der Waals surface area contributed by atoms with Crippen molar-refractivity contribution in [3.63, 3.8) is 0 Å². The highest BCUT2D eigenvalue weighted by Gasteiger charge is 2.40. The average Bonchev–Trinajstić information content (AvgIpc) is 2.30. The number of nitrogens with one attached hydrogen (secondary N) is 1. The summed E-state index contributed by atoms with van der Waals surface area (Å²) in [6.07, 6.45) is 1.42. The van der Waals surface area contributed by atoms with E-state index >= 15 is 0 Å². The normalized spacial score (nSPS) is 32.7. The fraction of sp³-hybridized carbons (Fsp3) is 0.900. The molecule has 2 rings (SSSR count). The summed E-state index contributed by atoms with van der Waals surface area (Å²) in [4.78, 5) is 13.8. The number of amides is 1. The molecule has 2 aliphatic rings. The molecule has 1 amide bonds. The van der Waals surface area contributed by atoms with E-state index in [1.807, 2.05) is 0 Å². The standard InChI is InChI=1S/C10H18N2O3/c13-9(12-4-6-15-7-5-12)10(14)2-1-3-11-8-10/h11,14H,1-8H2. The van der Waals surface area contributed by atoms with E-state index in [-0.39, 0.29) is 5.91 Å². The first-order valence-electron chi connectivity index (χ1n) is 5.53. The number of carbonyl (C=O) groups is 1. The molecule has 5 heteroatoms. The van der Waals surface area contributed by atoms with E-state index in [1.165, 1.54) is 0 Å². The molecule has 1 unspecified atom stereocenters. The zero-order valence-corrected chi connectivity index (χ0v) is 8.87. The molecule has 0 spiro atoms. The van der Waals surface area contributed by atoms with Gasteiger partial charge in [-0.2, -0.15) is 0 Å². The van der Waals surface area contributed by atoms with Crippen LogP contribution in [0.5, 0.6) is 0 Å². The molecule has 0 aromatic rings. The Morgan fingerprint density at radius 1 is 1.40 bits per heavy atom. The molecule has 0 bridgehead atoms. The van der Waals surface area contributed by atoms with Gasteiger partial charge in [-0.1, -0.05) is 0 Å². The lowest BCUT2D eigenvalue weighted by Crippen LogP contribution is -2.58. The highest BCUT2D eigenvalue weighted by molar-refractivity contribution is 5.85. The Bertz CT molecular complexity index is 233. The molecule has 15 heavy (non-hydrogen) atoms. The average molecular weight is 214 g/mol. The summed E-state index contributed by atoms with van der Waals surface area (Å²) in [6, 6.07) is 0. The topological polar surface area (TPSA) is 61.8 Å². The smallest absolute Gasteiger partial charge is 0.256 e. The zero-order chi connectivity index (χ0) is 10.7. The Balaban J connectivity index is 1.98. The molecule has 2 N–H and O–H groups in total. The maximum atomic E-state index is 12.1. The first kappa shape index (κ1) is 10.9. The third-order valence-electron chi connectivity index (χ3n) is 3.06. The minimum atomic E-state index is -1.18. The second-order valence-corrected chi connectivity index (χ2v) is 4.22. The number of β-amino-alcohol motifs (C(OH)–C–C–N with tert-alkyl or cyclic N) is 1. The van der Waals surface area contributed by atoms with Gasteiger partial charge in [-0.05, 0) is 19.4 Å². The van der Waals surface area contributed by atoms with Crippen LogP contribution in [0.3, 0.4) is 0 Å². The van der Waals surface area contributed by atoms with Crippen LogP contribution >= 0.6 is 0 Å². The third kappa shape index (κ3) is 2.30. The maximum Gasteiger partial charge on any atom is 0.256 e. The van der Waals surface area contributed by atoms with E-state index in [2.05, 4.69) is 5.32 Å². The first-order valence-corrected chi connectivity index (χ1v) is 5.53. The number of nitrogens with zero attached hydrogens (tertiary/aromatic N) is 1. The van der Waals surface area contributed by atoms with Crippen molar-refractivity contribution in [1.82, 2.24) is 10.2 Å². The molecule has 2 saturated heterocycles. The van der Waals surface area contributed by atoms with Crippen molar-refractivity contribution in [2.24, 2.45) is 0 Å². The van der Waals surface area contributed by atoms with Crippen molar-refractivity contribution < 1.29 is 14.6 Å². The van der Waals surface area contributed by atoms with Gasteiger partial charge in [0.2, 0.25) is 0 Å². The molecule has 2 fully saturated rings. The number of rotatable bonds is 1. The molecule has 0 radical (unpaired) electrons. The number of ether oxygens (including phenoxy) is 1. The zero-order valence-electron chi connectivity index (χ0n) is 8.87. The Morgan fingerprint density at radius 3 is 2.73 bits per heavy atom. The van der Waals surface area contributed by atoms with Crippen molar-refractivity contribution >= 4 is 5.91 Å². The lowest BCUT2D eigenvalue weighted by molar-refractivity contribution is -0.157. The van der Waals surface area contributed by atoms with Crippen molar-refractivity contribution in [3.8, 4) is 0 Å². The Hall–Kier alpha value is -0.650. The highest BCUT2D eigenvalue weighted by atomic mass is 16.5. The van der Waals surface area contributed by atoms with E-state index in [0.717, 1.165) is 13.0 Å². The predicted molar refractivity (Wildman–Crippen MR) is 54.5 cm³/mol. The predicted octanol–water partition coefficient (Wildman–Crippen LogP) is -1.04. The Morgan fingerprint density at radius 2 is 2.13 bits per heavy atom. The SMILES string of the molecule is O=C(N1CCOCC1)C1(O)CCCNC1. The second-order valence-electron chi connectivity index (χ2n) is 4.22. The van der Waals surface area contributed by atoms with Crippen LogP contribution in [0.4, 0.5) is 0 Å². The van der Waals surface area contributed by atoms with E-state index in [0.29, 0.717) is 39.3 Å². The maximum absolute atomic E-state index is 12.1. The van der Waals surface area contributed by atoms with Crippen LogP contribution in [0.15, 0.2) is 0 Å². The molecule has 5 nitrogen and oxygen atoms in total. The van der Waals surface area contributed by atoms with Crippen molar-refractivity contribution in [1.29, 1.82) is 0 Å². The van der Waals surface area contributed by atoms with E-state index in [4.69, 9.17) is 4.74 Å². The van der Waals surface area contributed by atoms with Crippen LogP contribution in [-0.2, 0) is 9.53 Å². The first-order chi connectivity index (χ1) is 7.22. The summed E-state index contributed by atoms with van der Waals surface area (Å²) in [5.74, 6) is -0.141. The molecule has 1 atom stereocenters. The lowest BCUT2D eigenvalue weighted by Gasteiger charge is -2.37. The van der Waals surface area contributed by atoms with Gasteiger partial charge in [0.1, 0.15) is 0 Å². The molecule has 0 aliphatic carbocycles. The minimum absolute atomic E-state index is 0.141. The van der Waals surface area contributed by atoms with Gasteiger partial charge in [0.05, 0.1) is 13.2 Å². The molecular weight excluding hydrogens is 196 g/mol. The van der Waals surface area contributed by atoms with Crippen molar-refractivity contribution in [2.45, 2.75) is 18.4 Å². The summed E-state index contributed by atoms with van der Waals surface area (Å²) >= 11 is 0. The number of carbonyl (C=O) groups excluding carboxylic acids is 1. The Labute approximate surface area is 89.4 Å². The summed E-state index contributed by atoms with van der Waals surface area (Å²) in [7, 11) is 0. The Kier molecular flexibility index (Phi) is 3.23. The largest absolute Gasteiger partial charge is 0.379 e. The summed E-state index contributed by atoms with van der Waals surface area (Å²) in [6.45, 7) is 3.62. The number of aliphatic hydroxyl groups is 1. The fourth-order valence-corrected chi connectivity index (χ4v) is 2.13. The van der Waals surface area contributed by atoms with Crippen LogP contribution in [0, 0.1) is 0 Å². The quantitative estimate of drug-likeness (QED) is 0.585. The van der Waals surface area contributed by atoms with Gasteiger partial charge in [0, 0.05) is 19.6 Å².